The molecule has 0 aromatic carbocycles. The first-order valence-electron chi connectivity index (χ1n) is 5.96. The van der Waals surface area contributed by atoms with E-state index >= 15 is 0 Å². The number of aryl methyl sites for hydroxylation is 2. The molecule has 1 heterocycles. The standard InChI is InChI=1S/C11H19N3O3S/c1-4-5-13-11(18-7-8(2)6-15)10(14(16)17)9(3)12-13/h8,15H,4-7H2,1-3H3. The number of nitro groups is 1. The van der Waals surface area contributed by atoms with Gasteiger partial charge in [0, 0.05) is 18.9 Å². The predicted octanol–water partition coefficient (Wildman–Crippen LogP) is 2.23. The van der Waals surface area contributed by atoms with E-state index in [2.05, 4.69) is 5.10 Å². The minimum Gasteiger partial charge on any atom is -0.396 e. The largest absolute Gasteiger partial charge is 0.396 e. The summed E-state index contributed by atoms with van der Waals surface area (Å²) in [5, 5.41) is 24.9. The number of nitrogens with zero attached hydrogens (tertiary/aromatic N) is 3. The van der Waals surface area contributed by atoms with Crippen molar-refractivity contribution in [2.24, 2.45) is 5.92 Å². The van der Waals surface area contributed by atoms with E-state index in [1.54, 1.807) is 11.6 Å². The second-order valence-corrected chi connectivity index (χ2v) is 5.33. The first kappa shape index (κ1) is 15.0. The summed E-state index contributed by atoms with van der Waals surface area (Å²) in [5.74, 6) is 0.756. The summed E-state index contributed by atoms with van der Waals surface area (Å²) in [5.41, 5.74) is 0.547. The minimum absolute atomic E-state index is 0.0850. The van der Waals surface area contributed by atoms with Crippen molar-refractivity contribution < 1.29 is 10.0 Å². The molecule has 18 heavy (non-hydrogen) atoms. The third-order valence-electron chi connectivity index (χ3n) is 2.48. The fraction of sp³-hybridized carbons (Fsp3) is 0.727. The first-order chi connectivity index (χ1) is 8.51. The van der Waals surface area contributed by atoms with Crippen LogP contribution in [0.15, 0.2) is 5.03 Å². The van der Waals surface area contributed by atoms with Crippen molar-refractivity contribution in [1.29, 1.82) is 0 Å². The van der Waals surface area contributed by atoms with Crippen LogP contribution in [-0.4, -0.2) is 32.2 Å². The van der Waals surface area contributed by atoms with Crippen LogP contribution < -0.4 is 0 Å². The molecule has 1 aromatic heterocycles. The van der Waals surface area contributed by atoms with Crippen LogP contribution in [0.2, 0.25) is 0 Å². The third-order valence-corrected chi connectivity index (χ3v) is 3.90. The molecule has 1 rings (SSSR count). The quantitative estimate of drug-likeness (QED) is 0.468. The van der Waals surface area contributed by atoms with Crippen LogP contribution in [-0.2, 0) is 6.54 Å². The molecule has 0 radical (unpaired) electrons. The van der Waals surface area contributed by atoms with Gasteiger partial charge in [-0.25, -0.2) is 0 Å². The Morgan fingerprint density at radius 3 is 2.78 bits per heavy atom. The fourth-order valence-corrected chi connectivity index (χ4v) is 2.73. The molecule has 1 aromatic rings. The average Bonchev–Trinajstić information content (AvgIpc) is 2.62. The number of hydrogen-bond acceptors (Lipinski definition) is 5. The van der Waals surface area contributed by atoms with Gasteiger partial charge in [-0.05, 0) is 19.3 Å². The van der Waals surface area contributed by atoms with E-state index in [0.29, 0.717) is 23.0 Å². The van der Waals surface area contributed by atoms with Gasteiger partial charge in [0.05, 0.1) is 4.92 Å². The molecule has 6 nitrogen and oxygen atoms in total. The van der Waals surface area contributed by atoms with Crippen LogP contribution >= 0.6 is 11.8 Å². The summed E-state index contributed by atoms with van der Waals surface area (Å²) in [6, 6.07) is 0. The molecule has 7 heteroatoms. The van der Waals surface area contributed by atoms with Gasteiger partial charge in [-0.2, -0.15) is 5.10 Å². The summed E-state index contributed by atoms with van der Waals surface area (Å²) >= 11 is 1.39. The maximum atomic E-state index is 11.1. The molecule has 0 fully saturated rings. The Kier molecular flexibility index (Phi) is 5.61. The van der Waals surface area contributed by atoms with E-state index in [9.17, 15) is 10.1 Å². The van der Waals surface area contributed by atoms with Crippen LogP contribution in [0, 0.1) is 23.0 Å². The molecule has 0 spiro atoms. The van der Waals surface area contributed by atoms with E-state index in [-0.39, 0.29) is 23.1 Å². The minimum atomic E-state index is -0.375. The van der Waals surface area contributed by atoms with Crippen molar-refractivity contribution in [3.05, 3.63) is 15.8 Å². The molecule has 0 aliphatic rings. The summed E-state index contributed by atoms with van der Waals surface area (Å²) < 4.78 is 1.70. The molecule has 0 aliphatic heterocycles. The van der Waals surface area contributed by atoms with Gasteiger partial charge < -0.3 is 5.11 Å². The highest BCUT2D eigenvalue weighted by Gasteiger charge is 2.25. The van der Waals surface area contributed by atoms with Crippen molar-refractivity contribution >= 4 is 17.4 Å². The lowest BCUT2D eigenvalue weighted by Crippen LogP contribution is -2.06. The summed E-state index contributed by atoms with van der Waals surface area (Å²) in [6.07, 6.45) is 0.876. The number of rotatable bonds is 7. The topological polar surface area (TPSA) is 81.2 Å². The van der Waals surface area contributed by atoms with Crippen LogP contribution in [0.25, 0.3) is 0 Å². The molecule has 0 bridgehead atoms. The number of hydrogen-bond donors (Lipinski definition) is 1. The normalized spacial score (nSPS) is 12.7. The van der Waals surface area contributed by atoms with Gasteiger partial charge in [0.1, 0.15) is 5.69 Å². The van der Waals surface area contributed by atoms with E-state index in [1.165, 1.54) is 11.8 Å². The molecule has 0 aliphatic carbocycles. The van der Waals surface area contributed by atoms with Crippen molar-refractivity contribution in [3.63, 3.8) is 0 Å². The molecule has 1 unspecified atom stereocenters. The van der Waals surface area contributed by atoms with E-state index in [1.807, 2.05) is 13.8 Å². The van der Waals surface area contributed by atoms with Gasteiger partial charge in [0.25, 0.3) is 0 Å². The van der Waals surface area contributed by atoms with Gasteiger partial charge in [-0.3, -0.25) is 14.8 Å². The average molecular weight is 273 g/mol. The van der Waals surface area contributed by atoms with Crippen LogP contribution in [0.1, 0.15) is 26.0 Å². The second-order valence-electron chi connectivity index (χ2n) is 4.32. The molecule has 1 atom stereocenters. The van der Waals surface area contributed by atoms with E-state index in [0.717, 1.165) is 6.42 Å². The zero-order valence-corrected chi connectivity index (χ0v) is 11.7. The maximum Gasteiger partial charge on any atom is 0.323 e. The number of aliphatic hydroxyl groups is 1. The Bertz CT molecular complexity index is 420. The van der Waals surface area contributed by atoms with E-state index < -0.39 is 0 Å². The molecule has 0 saturated carbocycles. The van der Waals surface area contributed by atoms with Crippen LogP contribution in [0.3, 0.4) is 0 Å². The Balaban J connectivity index is 3.00. The van der Waals surface area contributed by atoms with Crippen molar-refractivity contribution in [2.45, 2.75) is 38.8 Å². The summed E-state index contributed by atoms with van der Waals surface area (Å²) in [4.78, 5) is 10.7. The molecular formula is C11H19N3O3S. The number of thioether (sulfide) groups is 1. The van der Waals surface area contributed by atoms with Crippen molar-refractivity contribution in [2.75, 3.05) is 12.4 Å². The highest BCUT2D eigenvalue weighted by atomic mass is 32.2. The van der Waals surface area contributed by atoms with Gasteiger partial charge >= 0.3 is 5.69 Å². The Morgan fingerprint density at radius 1 is 1.61 bits per heavy atom. The van der Waals surface area contributed by atoms with Gasteiger partial charge in [-0.15, -0.1) is 0 Å². The lowest BCUT2D eigenvalue weighted by molar-refractivity contribution is -0.388. The molecule has 0 saturated heterocycles. The lowest BCUT2D eigenvalue weighted by Gasteiger charge is -2.08. The van der Waals surface area contributed by atoms with Crippen molar-refractivity contribution in [3.8, 4) is 0 Å². The zero-order valence-electron chi connectivity index (χ0n) is 10.9. The Morgan fingerprint density at radius 2 is 2.28 bits per heavy atom. The molecule has 0 amide bonds. The zero-order chi connectivity index (χ0) is 13.7. The smallest absolute Gasteiger partial charge is 0.323 e. The maximum absolute atomic E-state index is 11.1. The molecular weight excluding hydrogens is 254 g/mol. The van der Waals surface area contributed by atoms with Crippen LogP contribution in [0.5, 0.6) is 0 Å². The first-order valence-corrected chi connectivity index (χ1v) is 6.95. The Labute approximate surface area is 111 Å². The summed E-state index contributed by atoms with van der Waals surface area (Å²) in [7, 11) is 0. The lowest BCUT2D eigenvalue weighted by atomic mass is 10.2. The van der Waals surface area contributed by atoms with Crippen molar-refractivity contribution in [1.82, 2.24) is 9.78 Å². The van der Waals surface area contributed by atoms with Gasteiger partial charge in [0.2, 0.25) is 0 Å². The fourth-order valence-electron chi connectivity index (χ4n) is 1.54. The predicted molar refractivity (Wildman–Crippen MR) is 70.9 cm³/mol. The van der Waals surface area contributed by atoms with Gasteiger partial charge in [0.15, 0.2) is 5.03 Å². The highest BCUT2D eigenvalue weighted by molar-refractivity contribution is 7.99. The third kappa shape index (κ3) is 3.46. The van der Waals surface area contributed by atoms with E-state index in [4.69, 9.17) is 5.11 Å². The second kappa shape index (κ2) is 6.75. The number of aliphatic hydroxyl groups excluding tert-OH is 1. The summed E-state index contributed by atoms with van der Waals surface area (Å²) in [6.45, 7) is 6.33. The molecule has 102 valence electrons. The number of aromatic nitrogens is 2. The SMILES string of the molecule is CCCn1nc(C)c([N+](=O)[O-])c1SCC(C)CO. The Hall–Kier alpha value is -1.08. The highest BCUT2D eigenvalue weighted by Crippen LogP contribution is 2.33. The molecule has 1 N–H and O–H groups in total. The van der Waals surface area contributed by atoms with Crippen LogP contribution in [0.4, 0.5) is 5.69 Å². The monoisotopic (exact) mass is 273 g/mol. The van der Waals surface area contributed by atoms with Gasteiger partial charge in [-0.1, -0.05) is 25.6 Å².